The highest BCUT2D eigenvalue weighted by molar-refractivity contribution is 5.91. The fourth-order valence-corrected chi connectivity index (χ4v) is 1.69. The molecule has 6 heteroatoms. The van der Waals surface area contributed by atoms with E-state index in [0.717, 1.165) is 10.4 Å². The lowest BCUT2D eigenvalue weighted by Gasteiger charge is -2.15. The lowest BCUT2D eigenvalue weighted by atomic mass is 10.3. The maximum atomic E-state index is 12.1. The molecular weight excluding hydrogens is 246 g/mol. The first kappa shape index (κ1) is 13.1. The highest BCUT2D eigenvalue weighted by Gasteiger charge is 2.15. The van der Waals surface area contributed by atoms with E-state index in [1.807, 2.05) is 19.1 Å². The monoisotopic (exact) mass is 261 g/mol. The molecule has 2 aromatic rings. The molecule has 0 aliphatic rings. The molecule has 19 heavy (non-hydrogen) atoms. The summed E-state index contributed by atoms with van der Waals surface area (Å²) < 4.78 is 6.55. The molecule has 2 rings (SSSR count). The Morgan fingerprint density at radius 1 is 1.37 bits per heavy atom. The van der Waals surface area contributed by atoms with Crippen molar-refractivity contribution in [2.24, 2.45) is 7.05 Å². The van der Waals surface area contributed by atoms with Crippen molar-refractivity contribution in [1.82, 2.24) is 14.7 Å². The number of carbonyl (C=O) groups excluding carboxylic acids is 1. The first-order valence-electron chi connectivity index (χ1n) is 5.82. The molecule has 0 atom stereocenters. The van der Waals surface area contributed by atoms with Crippen LogP contribution in [0, 0.1) is 6.92 Å². The molecule has 0 fully saturated rings. The summed E-state index contributed by atoms with van der Waals surface area (Å²) in [6.45, 7) is 2.21. The van der Waals surface area contributed by atoms with Crippen LogP contribution in [0.4, 0.5) is 0 Å². The van der Waals surface area contributed by atoms with Crippen molar-refractivity contribution in [2.75, 3.05) is 7.05 Å². The number of aryl methyl sites for hydroxylation is 2. The molecule has 0 spiro atoms. The summed E-state index contributed by atoms with van der Waals surface area (Å²) in [5.41, 5.74) is -0.0197. The van der Waals surface area contributed by atoms with Gasteiger partial charge in [-0.3, -0.25) is 9.59 Å². The molecule has 6 nitrogen and oxygen atoms in total. The lowest BCUT2D eigenvalue weighted by Crippen LogP contribution is -2.29. The third-order valence-corrected chi connectivity index (χ3v) is 2.72. The van der Waals surface area contributed by atoms with Gasteiger partial charge in [-0.15, -0.1) is 0 Å². The van der Waals surface area contributed by atoms with E-state index in [0.29, 0.717) is 12.3 Å². The van der Waals surface area contributed by atoms with Gasteiger partial charge in [0.15, 0.2) is 0 Å². The van der Waals surface area contributed by atoms with Crippen LogP contribution in [0.2, 0.25) is 0 Å². The molecule has 0 saturated heterocycles. The zero-order chi connectivity index (χ0) is 14.0. The van der Waals surface area contributed by atoms with E-state index in [2.05, 4.69) is 5.10 Å². The number of hydrogen-bond donors (Lipinski definition) is 0. The number of rotatable bonds is 3. The Morgan fingerprint density at radius 3 is 2.68 bits per heavy atom. The fourth-order valence-electron chi connectivity index (χ4n) is 1.69. The molecule has 2 heterocycles. The van der Waals surface area contributed by atoms with E-state index in [-0.39, 0.29) is 17.2 Å². The normalized spacial score (nSPS) is 10.5. The van der Waals surface area contributed by atoms with Crippen LogP contribution in [0.1, 0.15) is 22.0 Å². The summed E-state index contributed by atoms with van der Waals surface area (Å²) in [4.78, 5) is 24.8. The van der Waals surface area contributed by atoms with Crippen LogP contribution < -0.4 is 5.56 Å². The standard InChI is InChI=1S/C13H15N3O3/c1-9-4-5-10(19-9)8-15(2)13(18)11-6-7-12(17)16(3)14-11/h4-7H,8H2,1-3H3. The molecule has 0 unspecified atom stereocenters. The first-order chi connectivity index (χ1) is 8.97. The predicted molar refractivity (Wildman–Crippen MR) is 68.7 cm³/mol. The molecule has 1 amide bonds. The van der Waals surface area contributed by atoms with Gasteiger partial charge in [-0.05, 0) is 25.1 Å². The number of carbonyl (C=O) groups is 1. The van der Waals surface area contributed by atoms with E-state index in [1.54, 1.807) is 7.05 Å². The Hall–Kier alpha value is -2.37. The van der Waals surface area contributed by atoms with Crippen LogP contribution in [0.3, 0.4) is 0 Å². The zero-order valence-electron chi connectivity index (χ0n) is 11.1. The van der Waals surface area contributed by atoms with Gasteiger partial charge in [0.05, 0.1) is 6.54 Å². The number of amides is 1. The van der Waals surface area contributed by atoms with Crippen LogP contribution in [-0.4, -0.2) is 27.6 Å². The van der Waals surface area contributed by atoms with Gasteiger partial charge < -0.3 is 9.32 Å². The molecule has 2 aromatic heterocycles. The van der Waals surface area contributed by atoms with E-state index in [1.165, 1.54) is 24.1 Å². The molecule has 0 saturated carbocycles. The van der Waals surface area contributed by atoms with E-state index >= 15 is 0 Å². The van der Waals surface area contributed by atoms with Crippen LogP contribution in [0.15, 0.2) is 33.5 Å². The Bertz CT molecular complexity index is 657. The van der Waals surface area contributed by atoms with Crippen molar-refractivity contribution in [3.8, 4) is 0 Å². The van der Waals surface area contributed by atoms with Crippen molar-refractivity contribution in [3.05, 3.63) is 51.8 Å². The third kappa shape index (κ3) is 2.90. The van der Waals surface area contributed by atoms with Gasteiger partial charge in [-0.1, -0.05) is 0 Å². The Kier molecular flexibility index (Phi) is 3.50. The lowest BCUT2D eigenvalue weighted by molar-refractivity contribution is 0.0766. The second-order valence-electron chi connectivity index (χ2n) is 4.35. The second kappa shape index (κ2) is 5.09. The topological polar surface area (TPSA) is 68.3 Å². The van der Waals surface area contributed by atoms with E-state index < -0.39 is 0 Å². The summed E-state index contributed by atoms with van der Waals surface area (Å²) in [7, 11) is 3.17. The Balaban J connectivity index is 2.14. The largest absolute Gasteiger partial charge is 0.464 e. The van der Waals surface area contributed by atoms with Crippen LogP contribution >= 0.6 is 0 Å². The maximum Gasteiger partial charge on any atom is 0.274 e. The SMILES string of the molecule is Cc1ccc(CN(C)C(=O)c2ccc(=O)n(C)n2)o1. The van der Waals surface area contributed by atoms with E-state index in [9.17, 15) is 9.59 Å². The molecule has 0 radical (unpaired) electrons. The molecule has 0 aromatic carbocycles. The minimum atomic E-state index is -0.260. The van der Waals surface area contributed by atoms with Gasteiger partial charge in [0.1, 0.15) is 17.2 Å². The molecule has 0 bridgehead atoms. The average molecular weight is 261 g/mol. The number of furan rings is 1. The van der Waals surface area contributed by atoms with Crippen LogP contribution in [-0.2, 0) is 13.6 Å². The molecular formula is C13H15N3O3. The average Bonchev–Trinajstić information content (AvgIpc) is 2.77. The summed E-state index contributed by atoms with van der Waals surface area (Å²) in [5, 5.41) is 3.92. The number of nitrogens with zero attached hydrogens (tertiary/aromatic N) is 3. The third-order valence-electron chi connectivity index (χ3n) is 2.72. The second-order valence-corrected chi connectivity index (χ2v) is 4.35. The van der Waals surface area contributed by atoms with Gasteiger partial charge in [0.25, 0.3) is 11.5 Å². The van der Waals surface area contributed by atoms with Crippen molar-refractivity contribution in [3.63, 3.8) is 0 Å². The number of hydrogen-bond acceptors (Lipinski definition) is 4. The van der Waals surface area contributed by atoms with Gasteiger partial charge in [-0.2, -0.15) is 5.10 Å². The summed E-state index contributed by atoms with van der Waals surface area (Å²) in [6.07, 6.45) is 0. The maximum absolute atomic E-state index is 12.1. The Morgan fingerprint density at radius 2 is 2.11 bits per heavy atom. The number of aromatic nitrogens is 2. The molecule has 0 N–H and O–H groups in total. The molecule has 100 valence electrons. The minimum absolute atomic E-state index is 0.230. The summed E-state index contributed by atoms with van der Waals surface area (Å²) in [6, 6.07) is 6.42. The van der Waals surface area contributed by atoms with Gasteiger partial charge in [-0.25, -0.2) is 4.68 Å². The Labute approximate surface area is 110 Å². The predicted octanol–water partition coefficient (Wildman–Crippen LogP) is 0.954. The first-order valence-corrected chi connectivity index (χ1v) is 5.82. The van der Waals surface area contributed by atoms with Crippen molar-refractivity contribution < 1.29 is 9.21 Å². The smallest absolute Gasteiger partial charge is 0.274 e. The quantitative estimate of drug-likeness (QED) is 0.825. The summed E-state index contributed by atoms with van der Waals surface area (Å²) >= 11 is 0. The van der Waals surface area contributed by atoms with Gasteiger partial charge in [0.2, 0.25) is 0 Å². The van der Waals surface area contributed by atoms with Gasteiger partial charge >= 0.3 is 0 Å². The van der Waals surface area contributed by atoms with Gasteiger partial charge in [0, 0.05) is 20.2 Å². The summed E-state index contributed by atoms with van der Waals surface area (Å²) in [5.74, 6) is 1.25. The van der Waals surface area contributed by atoms with Crippen molar-refractivity contribution in [1.29, 1.82) is 0 Å². The molecule has 0 aliphatic carbocycles. The van der Waals surface area contributed by atoms with Crippen molar-refractivity contribution in [2.45, 2.75) is 13.5 Å². The van der Waals surface area contributed by atoms with E-state index in [4.69, 9.17) is 4.42 Å². The van der Waals surface area contributed by atoms with Crippen LogP contribution in [0.5, 0.6) is 0 Å². The van der Waals surface area contributed by atoms with Crippen LogP contribution in [0.25, 0.3) is 0 Å². The molecule has 0 aliphatic heterocycles. The fraction of sp³-hybridized carbons (Fsp3) is 0.308. The minimum Gasteiger partial charge on any atom is -0.464 e. The highest BCUT2D eigenvalue weighted by Crippen LogP contribution is 2.10. The zero-order valence-corrected chi connectivity index (χ0v) is 11.1. The highest BCUT2D eigenvalue weighted by atomic mass is 16.3. The van der Waals surface area contributed by atoms with Crippen molar-refractivity contribution >= 4 is 5.91 Å².